The summed E-state index contributed by atoms with van der Waals surface area (Å²) < 4.78 is 0. The van der Waals surface area contributed by atoms with Gasteiger partial charge in [0.2, 0.25) is 5.91 Å². The van der Waals surface area contributed by atoms with Crippen LogP contribution in [0.2, 0.25) is 0 Å². The maximum atomic E-state index is 12.0. The van der Waals surface area contributed by atoms with E-state index in [1.807, 2.05) is 44.2 Å². The summed E-state index contributed by atoms with van der Waals surface area (Å²) in [5, 5.41) is 3.35. The van der Waals surface area contributed by atoms with Gasteiger partial charge in [0.25, 0.3) is 0 Å². The van der Waals surface area contributed by atoms with Gasteiger partial charge >= 0.3 is 0 Å². The van der Waals surface area contributed by atoms with E-state index in [0.29, 0.717) is 5.13 Å². The van der Waals surface area contributed by atoms with E-state index in [0.717, 1.165) is 9.77 Å². The number of amides is 1. The number of carbonyl (C=O) groups is 1. The number of aryl methyl sites for hydroxylation is 1. The van der Waals surface area contributed by atoms with Crippen LogP contribution >= 0.6 is 23.1 Å². The Labute approximate surface area is 115 Å². The van der Waals surface area contributed by atoms with Crippen LogP contribution in [0.4, 0.5) is 5.13 Å². The molecule has 0 spiro atoms. The Hall–Kier alpha value is -1.33. The van der Waals surface area contributed by atoms with Crippen LogP contribution in [0.25, 0.3) is 0 Å². The predicted octanol–water partition coefficient (Wildman–Crippen LogP) is 3.57. The molecule has 1 aromatic carbocycles. The number of carbonyl (C=O) groups excluding carboxylic acids is 1. The number of hydrogen-bond donors (Lipinski definition) is 1. The van der Waals surface area contributed by atoms with Crippen molar-refractivity contribution in [1.29, 1.82) is 0 Å². The van der Waals surface area contributed by atoms with Crippen LogP contribution in [0.5, 0.6) is 0 Å². The summed E-state index contributed by atoms with van der Waals surface area (Å²) in [4.78, 5) is 18.3. The van der Waals surface area contributed by atoms with Crippen LogP contribution in [0.1, 0.15) is 11.8 Å². The molecule has 1 aromatic heterocycles. The Morgan fingerprint density at radius 2 is 2.11 bits per heavy atom. The van der Waals surface area contributed by atoms with Crippen molar-refractivity contribution < 1.29 is 4.79 Å². The Morgan fingerprint density at radius 1 is 1.39 bits per heavy atom. The first-order valence-electron chi connectivity index (χ1n) is 5.60. The molecule has 1 heterocycles. The quantitative estimate of drug-likeness (QED) is 0.869. The average molecular weight is 278 g/mol. The third-order valence-corrected chi connectivity index (χ3v) is 4.22. The number of rotatable bonds is 4. The zero-order valence-corrected chi connectivity index (χ0v) is 11.8. The van der Waals surface area contributed by atoms with Crippen LogP contribution in [-0.4, -0.2) is 16.1 Å². The zero-order chi connectivity index (χ0) is 13.0. The first-order chi connectivity index (χ1) is 8.65. The third kappa shape index (κ3) is 3.58. The lowest BCUT2D eigenvalue weighted by Crippen LogP contribution is -2.22. The summed E-state index contributed by atoms with van der Waals surface area (Å²) in [6.45, 7) is 3.86. The van der Waals surface area contributed by atoms with Crippen LogP contribution in [0.3, 0.4) is 0 Å². The van der Waals surface area contributed by atoms with E-state index < -0.39 is 0 Å². The summed E-state index contributed by atoms with van der Waals surface area (Å²) in [6.07, 6.45) is 1.76. The molecule has 0 saturated heterocycles. The number of nitrogens with one attached hydrogen (secondary N) is 1. The summed E-state index contributed by atoms with van der Waals surface area (Å²) >= 11 is 3.03. The molecule has 0 aliphatic heterocycles. The fraction of sp³-hybridized carbons (Fsp3) is 0.231. The number of thioether (sulfide) groups is 1. The molecule has 3 nitrogen and oxygen atoms in total. The van der Waals surface area contributed by atoms with E-state index in [1.165, 1.54) is 11.3 Å². The monoisotopic (exact) mass is 278 g/mol. The average Bonchev–Trinajstić information content (AvgIpc) is 2.76. The van der Waals surface area contributed by atoms with Crippen molar-refractivity contribution in [3.05, 3.63) is 41.4 Å². The van der Waals surface area contributed by atoms with Gasteiger partial charge in [0.15, 0.2) is 5.13 Å². The highest BCUT2D eigenvalue weighted by Crippen LogP contribution is 2.24. The minimum Gasteiger partial charge on any atom is -0.301 e. The maximum absolute atomic E-state index is 12.0. The number of thiazole rings is 1. The summed E-state index contributed by atoms with van der Waals surface area (Å²) in [6, 6.07) is 9.91. The van der Waals surface area contributed by atoms with Gasteiger partial charge < -0.3 is 5.32 Å². The molecule has 1 unspecified atom stereocenters. The second-order valence-electron chi connectivity index (χ2n) is 3.84. The number of benzene rings is 1. The first kappa shape index (κ1) is 13.1. The van der Waals surface area contributed by atoms with Crippen molar-refractivity contribution in [3.63, 3.8) is 0 Å². The Bertz CT molecular complexity index is 525. The van der Waals surface area contributed by atoms with Crippen molar-refractivity contribution in [2.24, 2.45) is 0 Å². The molecule has 18 heavy (non-hydrogen) atoms. The van der Waals surface area contributed by atoms with Gasteiger partial charge in [-0.1, -0.05) is 18.2 Å². The highest BCUT2D eigenvalue weighted by atomic mass is 32.2. The van der Waals surface area contributed by atoms with Crippen LogP contribution in [0.15, 0.2) is 41.4 Å². The molecule has 0 aliphatic carbocycles. The van der Waals surface area contributed by atoms with Gasteiger partial charge in [-0.25, -0.2) is 4.98 Å². The Kier molecular flexibility index (Phi) is 4.38. The molecule has 94 valence electrons. The molecule has 2 rings (SSSR count). The number of nitrogens with zero attached hydrogens (tertiary/aromatic N) is 1. The van der Waals surface area contributed by atoms with Crippen molar-refractivity contribution >= 4 is 34.1 Å². The first-order valence-corrected chi connectivity index (χ1v) is 7.30. The SMILES string of the molecule is Cc1cnc(NC(=O)C(C)Sc2ccccc2)s1. The van der Waals surface area contributed by atoms with Crippen molar-refractivity contribution in [1.82, 2.24) is 4.98 Å². The second kappa shape index (κ2) is 6.02. The molecule has 0 fully saturated rings. The van der Waals surface area contributed by atoms with Crippen LogP contribution < -0.4 is 5.32 Å². The summed E-state index contributed by atoms with van der Waals surface area (Å²) in [7, 11) is 0. The van der Waals surface area contributed by atoms with E-state index in [4.69, 9.17) is 0 Å². The van der Waals surface area contributed by atoms with Gasteiger partial charge in [0.1, 0.15) is 0 Å². The predicted molar refractivity (Wildman–Crippen MR) is 77.2 cm³/mol. The van der Waals surface area contributed by atoms with Gasteiger partial charge in [-0.2, -0.15) is 0 Å². The van der Waals surface area contributed by atoms with Crippen molar-refractivity contribution in [2.45, 2.75) is 24.0 Å². The fourth-order valence-corrected chi connectivity index (χ4v) is 2.93. The van der Waals surface area contributed by atoms with Crippen LogP contribution in [-0.2, 0) is 4.79 Å². The molecule has 1 atom stereocenters. The van der Waals surface area contributed by atoms with E-state index in [-0.39, 0.29) is 11.2 Å². The summed E-state index contributed by atoms with van der Waals surface area (Å²) in [5.74, 6) is -0.0156. The van der Waals surface area contributed by atoms with E-state index in [9.17, 15) is 4.79 Å². The molecule has 0 bridgehead atoms. The molecule has 2 aromatic rings. The largest absolute Gasteiger partial charge is 0.301 e. The lowest BCUT2D eigenvalue weighted by atomic mass is 10.4. The Morgan fingerprint density at radius 3 is 2.72 bits per heavy atom. The van der Waals surface area contributed by atoms with E-state index in [1.54, 1.807) is 18.0 Å². The minimum atomic E-state index is -0.142. The number of aromatic nitrogens is 1. The zero-order valence-electron chi connectivity index (χ0n) is 10.2. The van der Waals surface area contributed by atoms with Gasteiger partial charge in [0.05, 0.1) is 5.25 Å². The molecule has 0 radical (unpaired) electrons. The van der Waals surface area contributed by atoms with Crippen molar-refractivity contribution in [2.75, 3.05) is 5.32 Å². The number of hydrogen-bond acceptors (Lipinski definition) is 4. The molecule has 5 heteroatoms. The molecular formula is C13H14N2OS2. The molecule has 1 N–H and O–H groups in total. The third-order valence-electron chi connectivity index (χ3n) is 2.28. The lowest BCUT2D eigenvalue weighted by Gasteiger charge is -2.10. The smallest absolute Gasteiger partial charge is 0.239 e. The van der Waals surface area contributed by atoms with Gasteiger partial charge in [-0.15, -0.1) is 23.1 Å². The van der Waals surface area contributed by atoms with Gasteiger partial charge in [-0.3, -0.25) is 4.79 Å². The highest BCUT2D eigenvalue weighted by Gasteiger charge is 2.15. The molecule has 1 amide bonds. The highest BCUT2D eigenvalue weighted by molar-refractivity contribution is 8.00. The van der Waals surface area contributed by atoms with Gasteiger partial charge in [0, 0.05) is 16.0 Å². The van der Waals surface area contributed by atoms with Crippen LogP contribution in [0, 0.1) is 6.92 Å². The lowest BCUT2D eigenvalue weighted by molar-refractivity contribution is -0.115. The normalized spacial score (nSPS) is 12.1. The van der Waals surface area contributed by atoms with Crippen molar-refractivity contribution in [3.8, 4) is 0 Å². The van der Waals surface area contributed by atoms with E-state index in [2.05, 4.69) is 10.3 Å². The number of anilines is 1. The second-order valence-corrected chi connectivity index (χ2v) is 6.49. The molecule has 0 aliphatic rings. The molecular weight excluding hydrogens is 264 g/mol. The Balaban J connectivity index is 1.93. The van der Waals surface area contributed by atoms with Gasteiger partial charge in [-0.05, 0) is 26.0 Å². The summed E-state index contributed by atoms with van der Waals surface area (Å²) in [5.41, 5.74) is 0. The molecule has 0 saturated carbocycles. The maximum Gasteiger partial charge on any atom is 0.239 e. The topological polar surface area (TPSA) is 42.0 Å². The van der Waals surface area contributed by atoms with E-state index >= 15 is 0 Å². The minimum absolute atomic E-state index is 0.0156. The fourth-order valence-electron chi connectivity index (χ4n) is 1.38. The standard InChI is InChI=1S/C13H14N2OS2/c1-9-8-14-13(17-9)15-12(16)10(2)18-11-6-4-3-5-7-11/h3-8,10H,1-2H3,(H,14,15,16).